The first-order valence-electron chi connectivity index (χ1n) is 11.5. The normalized spacial score (nSPS) is 11.9. The van der Waals surface area contributed by atoms with Crippen molar-refractivity contribution >= 4 is 34.0 Å². The van der Waals surface area contributed by atoms with Gasteiger partial charge in [0.05, 0.1) is 28.2 Å². The van der Waals surface area contributed by atoms with Gasteiger partial charge in [-0.05, 0) is 55.0 Å². The maximum absolute atomic E-state index is 13.3. The Balaban J connectivity index is 1.52. The van der Waals surface area contributed by atoms with Gasteiger partial charge in [-0.25, -0.2) is 9.37 Å². The molecule has 0 fully saturated rings. The maximum atomic E-state index is 13.3. The lowest BCUT2D eigenvalue weighted by Gasteiger charge is -2.13. The number of aryl methyl sites for hydroxylation is 1. The molecule has 5 aromatic rings. The minimum absolute atomic E-state index is 0.135. The predicted molar refractivity (Wildman–Crippen MR) is 140 cm³/mol. The summed E-state index contributed by atoms with van der Waals surface area (Å²) in [7, 11) is 1.71. The van der Waals surface area contributed by atoms with Gasteiger partial charge in [0, 0.05) is 30.7 Å². The van der Waals surface area contributed by atoms with Gasteiger partial charge in [-0.2, -0.15) is 0 Å². The van der Waals surface area contributed by atoms with E-state index in [-0.39, 0.29) is 17.3 Å². The molecule has 3 heterocycles. The highest BCUT2D eigenvalue weighted by atomic mass is 19.1. The van der Waals surface area contributed by atoms with Gasteiger partial charge in [0.2, 0.25) is 5.91 Å². The number of H-pyrrole nitrogens is 1. The maximum Gasteiger partial charge on any atom is 0.261 e. The van der Waals surface area contributed by atoms with Crippen LogP contribution in [0.5, 0.6) is 0 Å². The van der Waals surface area contributed by atoms with E-state index < -0.39 is 5.92 Å². The average Bonchev–Trinajstić information content (AvgIpc) is 3.26. The predicted octanol–water partition coefficient (Wildman–Crippen LogP) is 5.55. The third kappa shape index (κ3) is 4.48. The lowest BCUT2D eigenvalue weighted by Crippen LogP contribution is -2.19. The summed E-state index contributed by atoms with van der Waals surface area (Å²) in [5.41, 5.74) is 4.17. The molecule has 36 heavy (non-hydrogen) atoms. The van der Waals surface area contributed by atoms with Gasteiger partial charge in [0.25, 0.3) is 5.56 Å². The number of nitrogens with one attached hydrogen (secondary N) is 3. The summed E-state index contributed by atoms with van der Waals surface area (Å²) in [6, 6.07) is 20.9. The van der Waals surface area contributed by atoms with E-state index in [1.54, 1.807) is 44.6 Å². The third-order valence-corrected chi connectivity index (χ3v) is 6.13. The molecule has 3 N–H and O–H groups in total. The molecule has 0 saturated heterocycles. The second-order valence-corrected chi connectivity index (χ2v) is 8.58. The Morgan fingerprint density at radius 3 is 2.56 bits per heavy atom. The second kappa shape index (κ2) is 9.50. The summed E-state index contributed by atoms with van der Waals surface area (Å²) in [6.45, 7) is 1.75. The van der Waals surface area contributed by atoms with Crippen LogP contribution in [0.1, 0.15) is 18.4 Å². The van der Waals surface area contributed by atoms with Crippen molar-refractivity contribution in [3.63, 3.8) is 0 Å². The van der Waals surface area contributed by atoms with Crippen LogP contribution < -0.4 is 16.2 Å². The number of amides is 1. The number of anilines is 3. The van der Waals surface area contributed by atoms with Crippen molar-refractivity contribution in [1.82, 2.24) is 14.5 Å². The largest absolute Gasteiger partial charge is 0.353 e. The van der Waals surface area contributed by atoms with Gasteiger partial charge in [-0.1, -0.05) is 30.3 Å². The number of carbonyl (C=O) groups is 1. The fraction of sp³-hybridized carbons (Fsp3) is 0.107. The second-order valence-electron chi connectivity index (χ2n) is 8.58. The minimum atomic E-state index is -0.498. The lowest BCUT2D eigenvalue weighted by atomic mass is 10.0. The molecule has 1 atom stereocenters. The highest BCUT2D eigenvalue weighted by molar-refractivity contribution is 6.02. The van der Waals surface area contributed by atoms with Crippen LogP contribution in [0.3, 0.4) is 0 Å². The Bertz CT molecular complexity index is 1610. The van der Waals surface area contributed by atoms with Crippen LogP contribution in [0.4, 0.5) is 21.6 Å². The Labute approximate surface area is 206 Å². The first-order chi connectivity index (χ1) is 17.4. The van der Waals surface area contributed by atoms with Gasteiger partial charge in [0.15, 0.2) is 0 Å². The van der Waals surface area contributed by atoms with Gasteiger partial charge in [-0.15, -0.1) is 0 Å². The number of fused-ring (bicyclic) bond motifs is 1. The van der Waals surface area contributed by atoms with Crippen LogP contribution >= 0.6 is 0 Å². The Morgan fingerprint density at radius 1 is 1.06 bits per heavy atom. The number of benzene rings is 2. The van der Waals surface area contributed by atoms with Crippen LogP contribution in [0.2, 0.25) is 0 Å². The SMILES string of the molecule is CC(C(=O)Nc1cc(-c2[nH]c3ccn(C)c(=O)c3c2Nc2ccccc2)ccn1)c1ccc(F)cc1. The smallest absolute Gasteiger partial charge is 0.261 e. The summed E-state index contributed by atoms with van der Waals surface area (Å²) in [5, 5.41) is 6.76. The van der Waals surface area contributed by atoms with Crippen molar-refractivity contribution in [1.29, 1.82) is 0 Å². The molecule has 0 bridgehead atoms. The number of nitrogens with zero attached hydrogens (tertiary/aromatic N) is 2. The van der Waals surface area contributed by atoms with Gasteiger partial charge in [-0.3, -0.25) is 9.59 Å². The summed E-state index contributed by atoms with van der Waals surface area (Å²) in [6.07, 6.45) is 3.32. The molecular formula is C28H24FN5O2. The van der Waals surface area contributed by atoms with Crippen molar-refractivity contribution < 1.29 is 9.18 Å². The average molecular weight is 482 g/mol. The number of hydrogen-bond acceptors (Lipinski definition) is 4. The number of hydrogen-bond donors (Lipinski definition) is 3. The van der Waals surface area contributed by atoms with Gasteiger partial charge in [0.1, 0.15) is 11.6 Å². The van der Waals surface area contributed by atoms with E-state index in [2.05, 4.69) is 20.6 Å². The number of carbonyl (C=O) groups excluding carboxylic acids is 1. The Kier molecular flexibility index (Phi) is 6.08. The van der Waals surface area contributed by atoms with Crippen molar-refractivity contribution in [2.75, 3.05) is 10.6 Å². The van der Waals surface area contributed by atoms with Crippen LogP contribution in [-0.4, -0.2) is 20.4 Å². The number of para-hydroxylation sites is 1. The molecule has 2 aromatic carbocycles. The fourth-order valence-electron chi connectivity index (χ4n) is 4.10. The molecule has 0 saturated carbocycles. The molecule has 0 aliphatic heterocycles. The van der Waals surface area contributed by atoms with Crippen LogP contribution in [0.15, 0.2) is 90.0 Å². The molecule has 180 valence electrons. The van der Waals surface area contributed by atoms with Gasteiger partial charge < -0.3 is 20.2 Å². The van der Waals surface area contributed by atoms with E-state index in [1.807, 2.05) is 42.5 Å². The first kappa shape index (κ1) is 23.0. The van der Waals surface area contributed by atoms with E-state index in [1.165, 1.54) is 16.7 Å². The molecule has 7 nitrogen and oxygen atoms in total. The topological polar surface area (TPSA) is 91.8 Å². The molecule has 1 unspecified atom stereocenters. The minimum Gasteiger partial charge on any atom is -0.353 e. The number of pyridine rings is 2. The zero-order chi connectivity index (χ0) is 25.2. The first-order valence-corrected chi connectivity index (χ1v) is 11.5. The third-order valence-electron chi connectivity index (χ3n) is 6.13. The van der Waals surface area contributed by atoms with Crippen molar-refractivity contribution in [3.8, 4) is 11.3 Å². The molecule has 0 spiro atoms. The number of aromatic amines is 1. The lowest BCUT2D eigenvalue weighted by molar-refractivity contribution is -0.117. The summed E-state index contributed by atoms with van der Waals surface area (Å²) < 4.78 is 14.8. The molecule has 0 aliphatic carbocycles. The highest BCUT2D eigenvalue weighted by Gasteiger charge is 2.19. The standard InChI is InChI=1S/C28H24FN5O2/c1-17(18-8-10-20(29)11-9-18)27(35)33-23-16-19(12-14-30-23)25-26(31-21-6-4-3-5-7-21)24-22(32-25)13-15-34(2)28(24)36/h3-17,31-32H,1-2H3,(H,30,33,35). The monoisotopic (exact) mass is 481 g/mol. The summed E-state index contributed by atoms with van der Waals surface area (Å²) in [5.74, 6) is -0.751. The van der Waals surface area contributed by atoms with Crippen LogP contribution in [-0.2, 0) is 11.8 Å². The molecule has 0 radical (unpaired) electrons. The summed E-state index contributed by atoms with van der Waals surface area (Å²) in [4.78, 5) is 33.6. The number of rotatable bonds is 6. The number of aromatic nitrogens is 3. The molecule has 0 aliphatic rings. The number of halogens is 1. The van der Waals surface area contributed by atoms with E-state index in [4.69, 9.17) is 0 Å². The van der Waals surface area contributed by atoms with Gasteiger partial charge >= 0.3 is 0 Å². The van der Waals surface area contributed by atoms with Crippen molar-refractivity contribution in [2.45, 2.75) is 12.8 Å². The molecule has 1 amide bonds. The fourth-order valence-corrected chi connectivity index (χ4v) is 4.10. The van der Waals surface area contributed by atoms with Crippen molar-refractivity contribution in [2.24, 2.45) is 7.05 Å². The van der Waals surface area contributed by atoms with Crippen LogP contribution in [0.25, 0.3) is 22.2 Å². The summed E-state index contributed by atoms with van der Waals surface area (Å²) >= 11 is 0. The quantitative estimate of drug-likeness (QED) is 0.296. The van der Waals surface area contributed by atoms with E-state index >= 15 is 0 Å². The van der Waals surface area contributed by atoms with E-state index in [9.17, 15) is 14.0 Å². The van der Waals surface area contributed by atoms with E-state index in [0.717, 1.165) is 11.3 Å². The zero-order valence-electron chi connectivity index (χ0n) is 19.7. The molecular weight excluding hydrogens is 457 g/mol. The Morgan fingerprint density at radius 2 is 1.81 bits per heavy atom. The highest BCUT2D eigenvalue weighted by Crippen LogP contribution is 2.36. The van der Waals surface area contributed by atoms with Crippen molar-refractivity contribution in [3.05, 3.63) is 107 Å². The van der Waals surface area contributed by atoms with E-state index in [0.29, 0.717) is 33.7 Å². The molecule has 3 aromatic heterocycles. The Hall–Kier alpha value is -4.72. The molecule has 5 rings (SSSR count). The molecule has 8 heteroatoms. The van der Waals surface area contributed by atoms with Crippen LogP contribution in [0, 0.1) is 5.82 Å². The zero-order valence-corrected chi connectivity index (χ0v) is 19.7.